The van der Waals surface area contributed by atoms with Gasteiger partial charge in [-0.3, -0.25) is 0 Å². The second kappa shape index (κ2) is 11.0. The topological polar surface area (TPSA) is 9.86 Å². The quantitative estimate of drug-likeness (QED) is 0.177. The van der Waals surface area contributed by atoms with Crippen LogP contribution in [0.3, 0.4) is 0 Å². The number of para-hydroxylation sites is 4. The third-order valence-electron chi connectivity index (χ3n) is 10.5. The Morgan fingerprint density at radius 3 is 1.25 bits per heavy atom. The molecule has 0 saturated carbocycles. The van der Waals surface area contributed by atoms with Gasteiger partial charge in [-0.25, -0.2) is 0 Å². The summed E-state index contributed by atoms with van der Waals surface area (Å²) < 4.78 is 7.53. The van der Waals surface area contributed by atoms with Gasteiger partial charge >= 0.3 is 0 Å². The maximum atomic E-state index is 2.44. The number of hydrogen-bond acceptors (Lipinski definition) is 1. The first-order valence-electron chi connectivity index (χ1n) is 17.4. The van der Waals surface area contributed by atoms with Crippen LogP contribution in [0, 0.1) is 0 Å². The predicted octanol–water partition coefficient (Wildman–Crippen LogP) is 13.6. The molecule has 11 aromatic rings. The molecule has 0 radical (unpaired) electrons. The molecule has 0 fully saturated rings. The Labute approximate surface area is 298 Å². The molecule has 0 aliphatic carbocycles. The molecule has 8 aromatic carbocycles. The van der Waals surface area contributed by atoms with E-state index in [0.29, 0.717) is 0 Å². The van der Waals surface area contributed by atoms with Crippen molar-refractivity contribution in [2.45, 2.75) is 0 Å². The number of hydrogen-bond donors (Lipinski definition) is 0. The summed E-state index contributed by atoms with van der Waals surface area (Å²) in [5.74, 6) is 0. The number of benzene rings is 8. The highest BCUT2D eigenvalue weighted by molar-refractivity contribution is 7.25. The normalized spacial score (nSPS) is 11.9. The SMILES string of the molecule is c1cc(-c2cc(-n3c4ccccc4c4ccccc43)cc(-n3c4ccccc4c4ccccc43)c2)cc(-c2ccc3sc4ccccc4c3c2)c1. The maximum Gasteiger partial charge on any atom is 0.0541 e. The number of thiophene rings is 1. The fourth-order valence-corrected chi connectivity index (χ4v) is 9.29. The summed E-state index contributed by atoms with van der Waals surface area (Å²) in [6.45, 7) is 0. The van der Waals surface area contributed by atoms with Gasteiger partial charge in [-0.1, -0.05) is 115 Å². The molecular formula is C48H30N2S. The van der Waals surface area contributed by atoms with Gasteiger partial charge in [0.1, 0.15) is 0 Å². The van der Waals surface area contributed by atoms with Crippen LogP contribution in [0.5, 0.6) is 0 Å². The van der Waals surface area contributed by atoms with E-state index in [0.717, 1.165) is 11.4 Å². The molecule has 0 amide bonds. The molecule has 0 atom stereocenters. The Morgan fingerprint density at radius 2 is 0.706 bits per heavy atom. The van der Waals surface area contributed by atoms with E-state index >= 15 is 0 Å². The Kier molecular flexibility index (Phi) is 6.16. The minimum absolute atomic E-state index is 1.14. The Morgan fingerprint density at radius 1 is 0.275 bits per heavy atom. The van der Waals surface area contributed by atoms with Crippen molar-refractivity contribution in [3.8, 4) is 33.6 Å². The van der Waals surface area contributed by atoms with Crippen molar-refractivity contribution in [2.75, 3.05) is 0 Å². The lowest BCUT2D eigenvalue weighted by Crippen LogP contribution is -2.00. The first kappa shape index (κ1) is 28.4. The van der Waals surface area contributed by atoms with Gasteiger partial charge in [0.05, 0.1) is 22.1 Å². The number of rotatable bonds is 4. The van der Waals surface area contributed by atoms with Gasteiger partial charge in [0.15, 0.2) is 0 Å². The van der Waals surface area contributed by atoms with E-state index in [4.69, 9.17) is 0 Å². The van der Waals surface area contributed by atoms with Crippen molar-refractivity contribution in [1.82, 2.24) is 9.13 Å². The number of aromatic nitrogens is 2. The maximum absolute atomic E-state index is 2.44. The molecular weight excluding hydrogens is 637 g/mol. The van der Waals surface area contributed by atoms with Gasteiger partial charge in [0, 0.05) is 53.1 Å². The van der Waals surface area contributed by atoms with Crippen LogP contribution in [0.25, 0.3) is 97.4 Å². The van der Waals surface area contributed by atoms with E-state index in [9.17, 15) is 0 Å². The molecule has 238 valence electrons. The molecule has 0 aliphatic rings. The van der Waals surface area contributed by atoms with Crippen LogP contribution in [-0.2, 0) is 0 Å². The zero-order valence-electron chi connectivity index (χ0n) is 27.6. The minimum Gasteiger partial charge on any atom is -0.309 e. The smallest absolute Gasteiger partial charge is 0.0541 e. The third-order valence-corrected chi connectivity index (χ3v) is 11.6. The first-order chi connectivity index (χ1) is 25.3. The molecule has 3 aromatic heterocycles. The average molecular weight is 667 g/mol. The van der Waals surface area contributed by atoms with Crippen molar-refractivity contribution in [1.29, 1.82) is 0 Å². The zero-order valence-corrected chi connectivity index (χ0v) is 28.4. The molecule has 0 bridgehead atoms. The van der Waals surface area contributed by atoms with Crippen LogP contribution in [0.1, 0.15) is 0 Å². The molecule has 0 N–H and O–H groups in total. The predicted molar refractivity (Wildman–Crippen MR) is 219 cm³/mol. The fraction of sp³-hybridized carbons (Fsp3) is 0. The largest absolute Gasteiger partial charge is 0.309 e. The van der Waals surface area contributed by atoms with Crippen molar-refractivity contribution in [3.63, 3.8) is 0 Å². The van der Waals surface area contributed by atoms with Crippen LogP contribution in [-0.4, -0.2) is 9.13 Å². The minimum atomic E-state index is 1.14. The summed E-state index contributed by atoms with van der Waals surface area (Å²) in [6.07, 6.45) is 0. The first-order valence-corrected chi connectivity index (χ1v) is 18.2. The van der Waals surface area contributed by atoms with Crippen LogP contribution in [0.4, 0.5) is 0 Å². The van der Waals surface area contributed by atoms with Crippen molar-refractivity contribution in [3.05, 3.63) is 182 Å². The van der Waals surface area contributed by atoms with Crippen molar-refractivity contribution in [2.24, 2.45) is 0 Å². The number of fused-ring (bicyclic) bond motifs is 9. The molecule has 0 unspecified atom stereocenters. The van der Waals surface area contributed by atoms with E-state index in [1.54, 1.807) is 0 Å². The number of nitrogens with zero attached hydrogens (tertiary/aromatic N) is 2. The highest BCUT2D eigenvalue weighted by Gasteiger charge is 2.17. The van der Waals surface area contributed by atoms with E-state index in [1.807, 2.05) is 11.3 Å². The zero-order chi connectivity index (χ0) is 33.5. The molecule has 3 heteroatoms. The summed E-state index contributed by atoms with van der Waals surface area (Å²) in [4.78, 5) is 0. The van der Waals surface area contributed by atoms with Gasteiger partial charge < -0.3 is 9.13 Å². The summed E-state index contributed by atoms with van der Waals surface area (Å²) in [6, 6.07) is 66.9. The van der Waals surface area contributed by atoms with Crippen LogP contribution in [0.15, 0.2) is 182 Å². The highest BCUT2D eigenvalue weighted by Crippen LogP contribution is 2.40. The molecule has 51 heavy (non-hydrogen) atoms. The summed E-state index contributed by atoms with van der Waals surface area (Å²) in [5.41, 5.74) is 11.9. The van der Waals surface area contributed by atoms with Crippen LogP contribution < -0.4 is 0 Å². The molecule has 0 aliphatic heterocycles. The van der Waals surface area contributed by atoms with Crippen LogP contribution >= 0.6 is 11.3 Å². The Balaban J connectivity index is 1.17. The Bertz CT molecular complexity index is 2920. The lowest BCUT2D eigenvalue weighted by atomic mass is 9.97. The molecule has 2 nitrogen and oxygen atoms in total. The van der Waals surface area contributed by atoms with E-state index in [2.05, 4.69) is 191 Å². The second-order valence-corrected chi connectivity index (χ2v) is 14.5. The van der Waals surface area contributed by atoms with Crippen LogP contribution in [0.2, 0.25) is 0 Å². The fourth-order valence-electron chi connectivity index (χ4n) is 8.21. The lowest BCUT2D eigenvalue weighted by Gasteiger charge is -2.16. The van der Waals surface area contributed by atoms with Gasteiger partial charge in [0.2, 0.25) is 0 Å². The summed E-state index contributed by atoms with van der Waals surface area (Å²) in [5, 5.41) is 7.68. The molecule has 0 saturated heterocycles. The highest BCUT2D eigenvalue weighted by atomic mass is 32.1. The van der Waals surface area contributed by atoms with Gasteiger partial charge in [-0.2, -0.15) is 0 Å². The summed E-state index contributed by atoms with van der Waals surface area (Å²) in [7, 11) is 0. The Hall–Kier alpha value is -6.42. The van der Waals surface area contributed by atoms with Gasteiger partial charge in [-0.15, -0.1) is 11.3 Å². The van der Waals surface area contributed by atoms with E-state index < -0.39 is 0 Å². The van der Waals surface area contributed by atoms with E-state index in [1.165, 1.54) is 86.0 Å². The van der Waals surface area contributed by atoms with E-state index in [-0.39, 0.29) is 0 Å². The van der Waals surface area contributed by atoms with Crippen molar-refractivity contribution >= 4 is 75.1 Å². The third kappa shape index (κ3) is 4.35. The average Bonchev–Trinajstić information content (AvgIpc) is 3.85. The molecule has 11 rings (SSSR count). The van der Waals surface area contributed by atoms with Crippen molar-refractivity contribution < 1.29 is 0 Å². The summed E-state index contributed by atoms with van der Waals surface area (Å²) >= 11 is 1.86. The molecule has 3 heterocycles. The lowest BCUT2D eigenvalue weighted by molar-refractivity contribution is 1.13. The van der Waals surface area contributed by atoms with Gasteiger partial charge in [-0.05, 0) is 89.0 Å². The second-order valence-electron chi connectivity index (χ2n) is 13.4. The molecule has 0 spiro atoms. The standard InChI is InChI=1S/C48H30N2S/c1-6-19-43-37(14-1)38-15-2-7-20-44(38)49(43)35-27-34(28-36(30-35)50-45-21-8-3-16-39(45)40-17-4-9-22-46(40)50)32-13-11-12-31(26-32)33-24-25-48-42(29-33)41-18-5-10-23-47(41)51-48/h1-30H. The van der Waals surface area contributed by atoms with Gasteiger partial charge in [0.25, 0.3) is 0 Å². The monoisotopic (exact) mass is 666 g/mol.